The van der Waals surface area contributed by atoms with Gasteiger partial charge in [-0.3, -0.25) is 9.59 Å². The van der Waals surface area contributed by atoms with Gasteiger partial charge in [0.05, 0.1) is 0 Å². The molecular formula is C25H33ClN2O2S. The third-order valence-electron chi connectivity index (χ3n) is 5.09. The van der Waals surface area contributed by atoms with Crippen molar-refractivity contribution in [2.24, 2.45) is 0 Å². The predicted octanol–water partition coefficient (Wildman–Crippen LogP) is 5.69. The number of hydrogen-bond acceptors (Lipinski definition) is 3. The zero-order valence-electron chi connectivity index (χ0n) is 18.5. The molecule has 2 amide bonds. The van der Waals surface area contributed by atoms with Crippen molar-refractivity contribution in [2.45, 2.75) is 57.9 Å². The number of thioether (sulfide) groups is 1. The molecule has 2 aromatic rings. The van der Waals surface area contributed by atoms with Crippen molar-refractivity contribution >= 4 is 35.2 Å². The quantitative estimate of drug-likeness (QED) is 0.391. The average molecular weight is 461 g/mol. The lowest BCUT2D eigenvalue weighted by atomic mass is 10.1. The third-order valence-corrected chi connectivity index (χ3v) is 6.48. The molecule has 4 nitrogen and oxygen atoms in total. The SMILES string of the molecule is CCCCNC(=O)[C@H](CC)N(Cc1ccccc1Cl)C(=O)CCSCc1ccccc1. The minimum Gasteiger partial charge on any atom is -0.354 e. The first-order chi connectivity index (χ1) is 15.1. The van der Waals surface area contributed by atoms with Crippen molar-refractivity contribution in [3.05, 3.63) is 70.7 Å². The van der Waals surface area contributed by atoms with E-state index in [1.54, 1.807) is 16.7 Å². The Bertz CT molecular complexity index is 816. The molecule has 0 aliphatic heterocycles. The number of hydrogen-bond donors (Lipinski definition) is 1. The fourth-order valence-corrected chi connectivity index (χ4v) is 4.39. The van der Waals surface area contributed by atoms with E-state index >= 15 is 0 Å². The van der Waals surface area contributed by atoms with E-state index in [-0.39, 0.29) is 11.8 Å². The summed E-state index contributed by atoms with van der Waals surface area (Å²) in [5.41, 5.74) is 2.10. The molecule has 0 spiro atoms. The lowest BCUT2D eigenvalue weighted by Gasteiger charge is -2.31. The van der Waals surface area contributed by atoms with Gasteiger partial charge in [0.15, 0.2) is 0 Å². The molecule has 0 heterocycles. The summed E-state index contributed by atoms with van der Waals surface area (Å²) in [5, 5.41) is 3.60. The highest BCUT2D eigenvalue weighted by Crippen LogP contribution is 2.21. The lowest BCUT2D eigenvalue weighted by molar-refractivity contribution is -0.141. The normalized spacial score (nSPS) is 11.7. The van der Waals surface area contributed by atoms with Crippen LogP contribution in [0.2, 0.25) is 5.02 Å². The number of nitrogens with zero attached hydrogens (tertiary/aromatic N) is 1. The molecule has 6 heteroatoms. The zero-order chi connectivity index (χ0) is 22.5. The minimum absolute atomic E-state index is 0.0158. The number of rotatable bonds is 13. The van der Waals surface area contributed by atoms with Gasteiger partial charge in [-0.15, -0.1) is 0 Å². The van der Waals surface area contributed by atoms with Gasteiger partial charge in [-0.2, -0.15) is 11.8 Å². The summed E-state index contributed by atoms with van der Waals surface area (Å²) in [4.78, 5) is 27.7. The van der Waals surface area contributed by atoms with Crippen LogP contribution in [0.15, 0.2) is 54.6 Å². The van der Waals surface area contributed by atoms with Gasteiger partial charge in [-0.05, 0) is 30.0 Å². The highest BCUT2D eigenvalue weighted by molar-refractivity contribution is 7.98. The first-order valence-corrected chi connectivity index (χ1v) is 12.5. The summed E-state index contributed by atoms with van der Waals surface area (Å²) in [7, 11) is 0. The summed E-state index contributed by atoms with van der Waals surface area (Å²) in [6.45, 7) is 5.00. The summed E-state index contributed by atoms with van der Waals surface area (Å²) in [5.74, 6) is 1.47. The molecule has 2 rings (SSSR count). The van der Waals surface area contributed by atoms with Crippen LogP contribution in [0.5, 0.6) is 0 Å². The Labute approximate surface area is 195 Å². The molecule has 31 heavy (non-hydrogen) atoms. The first kappa shape index (κ1) is 25.3. The average Bonchev–Trinajstić information content (AvgIpc) is 2.78. The van der Waals surface area contributed by atoms with Crippen LogP contribution in [0.1, 0.15) is 50.7 Å². The molecule has 1 N–H and O–H groups in total. The van der Waals surface area contributed by atoms with Gasteiger partial charge in [0.25, 0.3) is 0 Å². The van der Waals surface area contributed by atoms with Gasteiger partial charge in [0.2, 0.25) is 11.8 Å². The van der Waals surface area contributed by atoms with Gasteiger partial charge >= 0.3 is 0 Å². The predicted molar refractivity (Wildman–Crippen MR) is 131 cm³/mol. The van der Waals surface area contributed by atoms with Crippen LogP contribution >= 0.6 is 23.4 Å². The van der Waals surface area contributed by atoms with Crippen LogP contribution in [0.3, 0.4) is 0 Å². The molecule has 2 aromatic carbocycles. The molecule has 0 aliphatic rings. The molecule has 0 bridgehead atoms. The van der Waals surface area contributed by atoms with E-state index in [0.717, 1.165) is 24.2 Å². The van der Waals surface area contributed by atoms with E-state index in [1.165, 1.54) is 5.56 Å². The molecule has 0 unspecified atom stereocenters. The van der Waals surface area contributed by atoms with Crippen LogP contribution in [0.25, 0.3) is 0 Å². The number of carbonyl (C=O) groups excluding carboxylic acids is 2. The van der Waals surface area contributed by atoms with Crippen molar-refractivity contribution in [3.63, 3.8) is 0 Å². The highest BCUT2D eigenvalue weighted by Gasteiger charge is 2.28. The maximum absolute atomic E-state index is 13.2. The number of unbranched alkanes of at least 4 members (excludes halogenated alkanes) is 1. The number of halogens is 1. The molecular weight excluding hydrogens is 428 g/mol. The van der Waals surface area contributed by atoms with Gasteiger partial charge in [0, 0.05) is 36.0 Å². The Kier molecular flexibility index (Phi) is 11.5. The van der Waals surface area contributed by atoms with E-state index in [9.17, 15) is 9.59 Å². The third kappa shape index (κ3) is 8.58. The van der Waals surface area contributed by atoms with E-state index in [1.807, 2.05) is 49.4 Å². The van der Waals surface area contributed by atoms with Crippen LogP contribution < -0.4 is 5.32 Å². The van der Waals surface area contributed by atoms with Crippen molar-refractivity contribution < 1.29 is 9.59 Å². The first-order valence-electron chi connectivity index (χ1n) is 11.0. The van der Waals surface area contributed by atoms with Crippen molar-refractivity contribution in [2.75, 3.05) is 12.3 Å². The van der Waals surface area contributed by atoms with E-state index in [4.69, 9.17) is 11.6 Å². The molecule has 168 valence electrons. The Morgan fingerprint density at radius 2 is 1.77 bits per heavy atom. The van der Waals surface area contributed by atoms with E-state index in [0.29, 0.717) is 36.7 Å². The van der Waals surface area contributed by atoms with Crippen LogP contribution in [-0.4, -0.2) is 35.1 Å². The number of nitrogens with one attached hydrogen (secondary N) is 1. The van der Waals surface area contributed by atoms with E-state index < -0.39 is 6.04 Å². The molecule has 0 radical (unpaired) electrons. The zero-order valence-corrected chi connectivity index (χ0v) is 20.1. The van der Waals surface area contributed by atoms with Gasteiger partial charge in [-0.25, -0.2) is 0 Å². The minimum atomic E-state index is -0.500. The topological polar surface area (TPSA) is 49.4 Å². The van der Waals surface area contributed by atoms with Crippen LogP contribution in [0.4, 0.5) is 0 Å². The Hall–Kier alpha value is -1.98. The number of benzene rings is 2. The largest absolute Gasteiger partial charge is 0.354 e. The second kappa shape index (κ2) is 14.2. The maximum Gasteiger partial charge on any atom is 0.242 e. The summed E-state index contributed by atoms with van der Waals surface area (Å²) < 4.78 is 0. The van der Waals surface area contributed by atoms with Crippen LogP contribution in [0, 0.1) is 0 Å². The Balaban J connectivity index is 2.05. The number of carbonyl (C=O) groups is 2. The van der Waals surface area contributed by atoms with Crippen molar-refractivity contribution in [1.29, 1.82) is 0 Å². The molecule has 0 aromatic heterocycles. The standard InChI is InChI=1S/C25H33ClN2O2S/c1-3-5-16-27-25(30)23(4-2)28(18-21-13-9-10-14-22(21)26)24(29)15-17-31-19-20-11-7-6-8-12-20/h6-14,23H,3-5,15-19H2,1-2H3,(H,27,30)/t23-/m0/s1. The summed E-state index contributed by atoms with van der Waals surface area (Å²) >= 11 is 8.09. The van der Waals surface area contributed by atoms with Crippen molar-refractivity contribution in [1.82, 2.24) is 10.2 Å². The summed E-state index contributed by atoms with van der Waals surface area (Å²) in [6.07, 6.45) is 2.89. The van der Waals surface area contributed by atoms with Gasteiger partial charge in [-0.1, -0.05) is 80.4 Å². The fourth-order valence-electron chi connectivity index (χ4n) is 3.30. The fraction of sp³-hybridized carbons (Fsp3) is 0.440. The molecule has 0 saturated heterocycles. The monoisotopic (exact) mass is 460 g/mol. The number of amides is 2. The second-order valence-electron chi connectivity index (χ2n) is 7.47. The van der Waals surface area contributed by atoms with Crippen molar-refractivity contribution in [3.8, 4) is 0 Å². The van der Waals surface area contributed by atoms with Gasteiger partial charge in [0.1, 0.15) is 6.04 Å². The smallest absolute Gasteiger partial charge is 0.242 e. The van der Waals surface area contributed by atoms with Crippen LogP contribution in [-0.2, 0) is 21.9 Å². The molecule has 0 aliphatic carbocycles. The summed E-state index contributed by atoms with van der Waals surface area (Å²) in [6, 6.07) is 17.2. The molecule has 1 atom stereocenters. The molecule has 0 saturated carbocycles. The Morgan fingerprint density at radius 1 is 1.06 bits per heavy atom. The second-order valence-corrected chi connectivity index (χ2v) is 8.98. The van der Waals surface area contributed by atoms with Gasteiger partial charge < -0.3 is 10.2 Å². The highest BCUT2D eigenvalue weighted by atomic mass is 35.5. The lowest BCUT2D eigenvalue weighted by Crippen LogP contribution is -2.49. The Morgan fingerprint density at radius 3 is 2.45 bits per heavy atom. The maximum atomic E-state index is 13.2. The molecule has 0 fully saturated rings. The van der Waals surface area contributed by atoms with E-state index in [2.05, 4.69) is 24.4 Å².